The van der Waals surface area contributed by atoms with Crippen molar-refractivity contribution in [3.05, 3.63) is 33.0 Å². The van der Waals surface area contributed by atoms with E-state index in [0.717, 1.165) is 4.57 Å². The molecule has 0 saturated carbocycles. The van der Waals surface area contributed by atoms with E-state index in [9.17, 15) is 14.4 Å². The standard InChI is InChI=1S/C16H21N7O3/c1-5-6-7-21-14(25)12-13(20(4)16(21)26)18-15-22(8-11(17)24)19-9(2)10(3)23(12)15/h5-6,10H,7-8H2,1-4H3,(H2,17,24)/b6-5-/t10-/m1/s1. The van der Waals surface area contributed by atoms with Gasteiger partial charge in [-0.3, -0.25) is 23.3 Å². The van der Waals surface area contributed by atoms with Crippen LogP contribution >= 0.6 is 0 Å². The highest BCUT2D eigenvalue weighted by atomic mass is 16.2. The summed E-state index contributed by atoms with van der Waals surface area (Å²) in [5.74, 6) is -0.262. The number of nitrogens with zero attached hydrogens (tertiary/aromatic N) is 6. The minimum absolute atomic E-state index is 0.172. The molecule has 1 amide bonds. The predicted octanol–water partition coefficient (Wildman–Crippen LogP) is -0.285. The molecule has 3 heterocycles. The van der Waals surface area contributed by atoms with Gasteiger partial charge in [0, 0.05) is 13.6 Å². The molecule has 10 heteroatoms. The number of aromatic nitrogens is 4. The van der Waals surface area contributed by atoms with E-state index in [1.165, 1.54) is 9.58 Å². The maximum atomic E-state index is 13.0. The third-order valence-corrected chi connectivity index (χ3v) is 4.49. The summed E-state index contributed by atoms with van der Waals surface area (Å²) in [6, 6.07) is -0.250. The maximum Gasteiger partial charge on any atom is 0.332 e. The summed E-state index contributed by atoms with van der Waals surface area (Å²) < 4.78 is 4.19. The number of carbonyl (C=O) groups is 1. The molecule has 1 atom stereocenters. The Morgan fingerprint density at radius 1 is 1.35 bits per heavy atom. The van der Waals surface area contributed by atoms with Crippen LogP contribution in [0, 0.1) is 0 Å². The number of fused-ring (bicyclic) bond motifs is 3. The van der Waals surface area contributed by atoms with Crippen molar-refractivity contribution in [3.8, 4) is 0 Å². The first-order valence-electron chi connectivity index (χ1n) is 8.21. The Kier molecular flexibility index (Phi) is 4.26. The number of aryl methyl sites for hydroxylation is 1. The van der Waals surface area contributed by atoms with Crippen molar-refractivity contribution in [1.82, 2.24) is 18.7 Å². The first-order valence-corrected chi connectivity index (χ1v) is 8.21. The van der Waals surface area contributed by atoms with Crippen LogP contribution in [-0.4, -0.2) is 36.8 Å². The molecule has 2 aromatic rings. The summed E-state index contributed by atoms with van der Waals surface area (Å²) in [6.07, 6.45) is 3.51. The summed E-state index contributed by atoms with van der Waals surface area (Å²) in [7, 11) is 1.56. The molecule has 0 radical (unpaired) electrons. The second-order valence-electron chi connectivity index (χ2n) is 6.22. The zero-order valence-electron chi connectivity index (χ0n) is 15.1. The first kappa shape index (κ1) is 17.6. The van der Waals surface area contributed by atoms with Gasteiger partial charge in [0.2, 0.25) is 11.9 Å². The zero-order chi connectivity index (χ0) is 19.2. The van der Waals surface area contributed by atoms with E-state index in [0.29, 0.717) is 17.2 Å². The second-order valence-corrected chi connectivity index (χ2v) is 6.22. The molecule has 2 aromatic heterocycles. The van der Waals surface area contributed by atoms with Crippen LogP contribution in [0.2, 0.25) is 0 Å². The van der Waals surface area contributed by atoms with Gasteiger partial charge in [-0.15, -0.1) is 0 Å². The van der Waals surface area contributed by atoms with Gasteiger partial charge in [0.15, 0.2) is 11.2 Å². The summed E-state index contributed by atoms with van der Waals surface area (Å²) >= 11 is 0. The molecule has 0 saturated heterocycles. The maximum absolute atomic E-state index is 13.0. The average Bonchev–Trinajstić information content (AvgIpc) is 2.98. The SMILES string of the molecule is C/C=C\Cn1c(=O)c2c(nc3n2[C@H](C)C(C)=NN3CC(N)=O)n(C)c1=O. The number of hydrogen-bond donors (Lipinski definition) is 1. The van der Waals surface area contributed by atoms with Crippen LogP contribution in [0.5, 0.6) is 0 Å². The van der Waals surface area contributed by atoms with Crippen molar-refractivity contribution < 1.29 is 4.79 Å². The number of allylic oxidation sites excluding steroid dienone is 2. The molecule has 26 heavy (non-hydrogen) atoms. The van der Waals surface area contributed by atoms with Gasteiger partial charge in [-0.2, -0.15) is 10.1 Å². The topological polar surface area (TPSA) is 121 Å². The molecule has 0 fully saturated rings. The number of amides is 1. The Bertz CT molecular complexity index is 1070. The Balaban J connectivity index is 2.38. The van der Waals surface area contributed by atoms with E-state index in [4.69, 9.17) is 5.73 Å². The highest BCUT2D eigenvalue weighted by Gasteiger charge is 2.31. The number of hydrogen-bond acceptors (Lipinski definition) is 6. The third kappa shape index (κ3) is 2.54. The Morgan fingerprint density at radius 3 is 2.65 bits per heavy atom. The summed E-state index contributed by atoms with van der Waals surface area (Å²) in [5.41, 5.74) is 5.66. The van der Waals surface area contributed by atoms with Crippen LogP contribution in [0.4, 0.5) is 5.95 Å². The average molecular weight is 359 g/mol. The highest BCUT2D eigenvalue weighted by Crippen LogP contribution is 2.29. The number of hydrazone groups is 1. The van der Waals surface area contributed by atoms with E-state index in [2.05, 4.69) is 10.1 Å². The highest BCUT2D eigenvalue weighted by molar-refractivity contribution is 5.92. The van der Waals surface area contributed by atoms with Crippen molar-refractivity contribution in [2.45, 2.75) is 33.4 Å². The lowest BCUT2D eigenvalue weighted by atomic mass is 10.2. The quantitative estimate of drug-likeness (QED) is 0.752. The van der Waals surface area contributed by atoms with Crippen molar-refractivity contribution in [2.24, 2.45) is 17.9 Å². The number of rotatable bonds is 4. The third-order valence-electron chi connectivity index (χ3n) is 4.49. The molecule has 0 bridgehead atoms. The summed E-state index contributed by atoms with van der Waals surface area (Å²) in [5, 5.41) is 5.71. The van der Waals surface area contributed by atoms with E-state index in [1.807, 2.05) is 13.8 Å². The first-order chi connectivity index (χ1) is 12.3. The number of carbonyl (C=O) groups excluding carboxylic acids is 1. The zero-order valence-corrected chi connectivity index (χ0v) is 15.1. The number of imidazole rings is 1. The van der Waals surface area contributed by atoms with Gasteiger partial charge in [0.1, 0.15) is 6.54 Å². The number of anilines is 1. The fourth-order valence-corrected chi connectivity index (χ4v) is 3.01. The van der Waals surface area contributed by atoms with E-state index >= 15 is 0 Å². The lowest BCUT2D eigenvalue weighted by Gasteiger charge is -2.28. The lowest BCUT2D eigenvalue weighted by Crippen LogP contribution is -2.40. The number of primary amides is 1. The molecule has 10 nitrogen and oxygen atoms in total. The smallest absolute Gasteiger partial charge is 0.332 e. The van der Waals surface area contributed by atoms with E-state index in [-0.39, 0.29) is 24.8 Å². The minimum atomic E-state index is -0.575. The van der Waals surface area contributed by atoms with Gasteiger partial charge in [-0.1, -0.05) is 12.2 Å². The molecule has 3 rings (SSSR count). The van der Waals surface area contributed by atoms with Crippen molar-refractivity contribution in [2.75, 3.05) is 11.6 Å². The summed E-state index contributed by atoms with van der Waals surface area (Å²) in [4.78, 5) is 41.4. The Labute approximate surface area is 148 Å². The second kappa shape index (κ2) is 6.28. The van der Waals surface area contributed by atoms with Gasteiger partial charge in [0.05, 0.1) is 11.8 Å². The molecule has 0 aromatic carbocycles. The van der Waals surface area contributed by atoms with Gasteiger partial charge in [-0.05, 0) is 20.8 Å². The van der Waals surface area contributed by atoms with Gasteiger partial charge < -0.3 is 5.73 Å². The molecule has 0 spiro atoms. The van der Waals surface area contributed by atoms with Crippen LogP contribution in [0.3, 0.4) is 0 Å². The van der Waals surface area contributed by atoms with Crippen LogP contribution < -0.4 is 22.0 Å². The Morgan fingerprint density at radius 2 is 2.04 bits per heavy atom. The molecular formula is C16H21N7O3. The molecule has 1 aliphatic rings. The number of nitrogens with two attached hydrogens (primary N) is 1. The van der Waals surface area contributed by atoms with E-state index < -0.39 is 17.2 Å². The lowest BCUT2D eigenvalue weighted by molar-refractivity contribution is -0.116. The molecule has 2 N–H and O–H groups in total. The van der Waals surface area contributed by atoms with Crippen LogP contribution in [0.1, 0.15) is 26.8 Å². The molecule has 0 unspecified atom stereocenters. The molecule has 0 aliphatic carbocycles. The normalized spacial score (nSPS) is 17.0. The van der Waals surface area contributed by atoms with Crippen LogP contribution in [-0.2, 0) is 18.4 Å². The van der Waals surface area contributed by atoms with Crippen molar-refractivity contribution in [3.63, 3.8) is 0 Å². The van der Waals surface area contributed by atoms with Gasteiger partial charge in [0.25, 0.3) is 5.56 Å². The van der Waals surface area contributed by atoms with Crippen molar-refractivity contribution in [1.29, 1.82) is 0 Å². The van der Waals surface area contributed by atoms with Gasteiger partial charge in [-0.25, -0.2) is 9.80 Å². The predicted molar refractivity (Wildman–Crippen MR) is 98.4 cm³/mol. The Hall–Kier alpha value is -3.17. The largest absolute Gasteiger partial charge is 0.368 e. The molecule has 1 aliphatic heterocycles. The molecular weight excluding hydrogens is 338 g/mol. The molecule has 138 valence electrons. The summed E-state index contributed by atoms with van der Waals surface area (Å²) in [6.45, 7) is 5.50. The van der Waals surface area contributed by atoms with Crippen molar-refractivity contribution >= 4 is 28.7 Å². The minimum Gasteiger partial charge on any atom is -0.368 e. The van der Waals surface area contributed by atoms with Gasteiger partial charge >= 0.3 is 5.69 Å². The fraction of sp³-hybridized carbons (Fsp3) is 0.438. The monoisotopic (exact) mass is 359 g/mol. The van der Waals surface area contributed by atoms with E-state index in [1.54, 1.807) is 30.7 Å². The van der Waals surface area contributed by atoms with Crippen LogP contribution in [0.25, 0.3) is 11.2 Å². The fourth-order valence-electron chi connectivity index (χ4n) is 3.01. The van der Waals surface area contributed by atoms with Crippen LogP contribution in [0.15, 0.2) is 26.8 Å².